The maximum absolute atomic E-state index is 14.7. The number of nitrogens with zero attached hydrogens (tertiary/aromatic N) is 3. The van der Waals surface area contributed by atoms with E-state index in [1.54, 1.807) is 42.7 Å². The van der Waals surface area contributed by atoms with Gasteiger partial charge in [-0.1, -0.05) is 128 Å². The third-order valence-electron chi connectivity index (χ3n) is 15.5. The van der Waals surface area contributed by atoms with E-state index >= 15 is 0 Å². The number of phenolic OH excluding ortho intramolecular Hbond substituents is 1. The molecule has 422 valence electrons. The number of aromatic hydroxyl groups is 1. The topological polar surface area (TPSA) is 215 Å². The van der Waals surface area contributed by atoms with Gasteiger partial charge in [0.25, 0.3) is 5.91 Å². The molecule has 0 bridgehead atoms. The van der Waals surface area contributed by atoms with Gasteiger partial charge in [-0.3, -0.25) is 14.4 Å². The number of rotatable bonds is 20. The van der Waals surface area contributed by atoms with Crippen LogP contribution in [0.3, 0.4) is 0 Å². The van der Waals surface area contributed by atoms with Crippen molar-refractivity contribution in [2.45, 2.75) is 165 Å². The molecule has 23 heteroatoms. The van der Waals surface area contributed by atoms with Crippen LogP contribution in [-0.2, 0) is 34.8 Å². The zero-order valence-corrected chi connectivity index (χ0v) is 50.6. The maximum Gasteiger partial charge on any atom is 0.416 e. The molecule has 1 saturated heterocycles. The van der Waals surface area contributed by atoms with Crippen LogP contribution in [0.4, 0.5) is 25.8 Å². The van der Waals surface area contributed by atoms with Crippen LogP contribution in [-0.4, -0.2) is 129 Å². The second-order valence-electron chi connectivity index (χ2n) is 23.6. The van der Waals surface area contributed by atoms with Crippen LogP contribution in [0.1, 0.15) is 110 Å². The molecule has 5 rings (SSSR count). The van der Waals surface area contributed by atoms with Gasteiger partial charge >= 0.3 is 18.3 Å². The summed E-state index contributed by atoms with van der Waals surface area (Å²) in [5.41, 5.74) is 1.20. The van der Waals surface area contributed by atoms with Crippen molar-refractivity contribution in [2.24, 2.45) is 11.3 Å². The zero-order valence-electron chi connectivity index (χ0n) is 46.3. The number of phenols is 1. The van der Waals surface area contributed by atoms with Gasteiger partial charge in [-0.25, -0.2) is 19.3 Å². The molecule has 4 N–H and O–H groups in total. The minimum Gasteiger partial charge on any atom is -0.504 e. The Kier molecular flexibility index (Phi) is 20.0. The Bertz CT molecular complexity index is 2460. The van der Waals surface area contributed by atoms with E-state index in [-0.39, 0.29) is 70.3 Å². The van der Waals surface area contributed by atoms with E-state index < -0.39 is 87.3 Å². The first-order chi connectivity index (χ1) is 35.2. The fourth-order valence-corrected chi connectivity index (χ4v) is 12.3. The maximum atomic E-state index is 14.7. The molecule has 76 heavy (non-hydrogen) atoms. The molecule has 1 unspecified atom stereocenters. The Morgan fingerprint density at radius 3 is 2.12 bits per heavy atom. The van der Waals surface area contributed by atoms with Crippen LogP contribution in [0.5, 0.6) is 11.5 Å². The number of hydrogen-bond donors (Lipinski definition) is 4. The van der Waals surface area contributed by atoms with Crippen molar-refractivity contribution in [3.05, 3.63) is 60.2 Å². The lowest BCUT2D eigenvalue weighted by Gasteiger charge is -2.45. The van der Waals surface area contributed by atoms with Gasteiger partial charge in [-0.15, -0.1) is 0 Å². The normalized spacial score (nSPS) is 18.1. The first-order valence-corrected chi connectivity index (χ1v) is 32.8. The van der Waals surface area contributed by atoms with Gasteiger partial charge < -0.3 is 53.9 Å². The Balaban J connectivity index is 1.37. The highest BCUT2D eigenvalue weighted by atomic mass is 35.6. The molecule has 4 atom stereocenters. The average molecular weight is 1150 g/mol. The monoisotopic (exact) mass is 1150 g/mol. The third kappa shape index (κ3) is 15.3. The first kappa shape index (κ1) is 62.1. The molecule has 2 heterocycles. The fourth-order valence-electron chi connectivity index (χ4n) is 8.82. The highest BCUT2D eigenvalue weighted by Gasteiger charge is 2.60. The molecule has 1 saturated carbocycles. The molecule has 18 nitrogen and oxygen atoms in total. The number of benzene rings is 2. The van der Waals surface area contributed by atoms with E-state index in [1.165, 1.54) is 30.2 Å². The van der Waals surface area contributed by atoms with Gasteiger partial charge in [-0.2, -0.15) is 0 Å². The smallest absolute Gasteiger partial charge is 0.416 e. The minimum atomic E-state index is -2.63. The van der Waals surface area contributed by atoms with Crippen LogP contribution < -0.4 is 25.6 Å². The Labute approximate surface area is 465 Å². The summed E-state index contributed by atoms with van der Waals surface area (Å²) in [6.45, 7) is 27.8. The Morgan fingerprint density at radius 2 is 1.57 bits per heavy atom. The first-order valence-electron chi connectivity index (χ1n) is 25.8. The molecule has 2 aromatic carbocycles. The number of nitrogens with one attached hydrogen (secondary N) is 3. The lowest BCUT2D eigenvalue weighted by molar-refractivity contribution is -0.128. The number of carbonyl (C=O) groups excluding carboxylic acids is 6. The number of methoxy groups -OCH3 is 1. The van der Waals surface area contributed by atoms with Crippen molar-refractivity contribution in [1.29, 1.82) is 0 Å². The quantitative estimate of drug-likeness (QED) is 0.0320. The Hall–Kier alpha value is -4.74. The fraction of sp³-hybridized carbons (Fsp3) is 0.623. The Morgan fingerprint density at radius 1 is 0.921 bits per heavy atom. The number of alkyl halides is 3. The van der Waals surface area contributed by atoms with Gasteiger partial charge in [0.15, 0.2) is 34.3 Å². The van der Waals surface area contributed by atoms with Crippen LogP contribution >= 0.6 is 34.8 Å². The van der Waals surface area contributed by atoms with Crippen molar-refractivity contribution in [3.8, 4) is 11.5 Å². The number of anilines is 2. The number of hydrogen-bond acceptors (Lipinski definition) is 12. The van der Waals surface area contributed by atoms with Crippen molar-refractivity contribution in [1.82, 2.24) is 20.1 Å². The standard InChI is InChI=1S/C53H79Cl3N6O12Si2/c1-15-26-71-47(67)59-42(33(2)3)44(65)58-37(18-16-17-25-61(75(11,12)50(4,5)6)48(68)73-32-53(54,55)56)43(64)57-35-21-19-34(20-22-35)30-72-49(69)62-38-28-40(63)41(70-10)27-36(38)45(66)60-31-52(23-24-52)29-39(60)46(62)74-76(13,14)51(7,8)9/h15,19-22,27-28,33,37,39,42,46,63H,1,16-18,23-26,29-32H2,2-14H3,(H,57,64)(H,58,65)(H,59,67)/t37-,39-,42-,46?/m0/s1. The molecule has 0 aromatic heterocycles. The number of unbranched alkanes of at least 4 members (excludes halogenated alkanes) is 1. The van der Waals surface area contributed by atoms with Crippen LogP contribution in [0.2, 0.25) is 36.3 Å². The summed E-state index contributed by atoms with van der Waals surface area (Å²) >= 11 is 17.7. The summed E-state index contributed by atoms with van der Waals surface area (Å²) in [6, 6.07) is 6.78. The van der Waals surface area contributed by atoms with E-state index in [9.17, 15) is 33.9 Å². The zero-order chi connectivity index (χ0) is 56.9. The van der Waals surface area contributed by atoms with Crippen molar-refractivity contribution < 1.29 is 57.2 Å². The molecular weight excluding hydrogens is 1080 g/mol. The van der Waals surface area contributed by atoms with Crippen molar-refractivity contribution in [3.63, 3.8) is 0 Å². The molecule has 0 radical (unpaired) electrons. The summed E-state index contributed by atoms with van der Waals surface area (Å²) in [7, 11) is -3.78. The molecule has 2 fully saturated rings. The lowest BCUT2D eigenvalue weighted by atomic mass is 10.0. The number of amides is 6. The van der Waals surface area contributed by atoms with Gasteiger partial charge in [-0.05, 0) is 96.8 Å². The molecule has 2 aromatic rings. The van der Waals surface area contributed by atoms with Crippen LogP contribution in [0.25, 0.3) is 0 Å². The number of carbonyl (C=O) groups is 6. The summed E-state index contributed by atoms with van der Waals surface area (Å²) < 4.78 is 29.0. The van der Waals surface area contributed by atoms with Gasteiger partial charge in [0.1, 0.15) is 31.9 Å². The SMILES string of the molecule is C=CCOC(=O)N[C@H](C(=O)N[C@@H](CCCCN(C(=O)OCC(Cl)(Cl)Cl)[Si](C)(C)C(C)(C)C)C(=O)Nc1ccc(COC(=O)N2c3cc(O)c(OC)cc3C(=O)N3CC4(CC4)C[C@H]3C2O[Si](C)(C)C(C)(C)C)cc1)C(C)C. The second kappa shape index (κ2) is 24.5. The summed E-state index contributed by atoms with van der Waals surface area (Å²) in [5.74, 6) is -2.02. The second-order valence-corrected chi connectivity index (χ2v) is 36.0. The predicted octanol–water partition coefficient (Wildman–Crippen LogP) is 11.2. The molecule has 3 aliphatic rings. The predicted molar refractivity (Wildman–Crippen MR) is 300 cm³/mol. The average Bonchev–Trinajstić information content (AvgIpc) is 3.99. The highest BCUT2D eigenvalue weighted by Crippen LogP contribution is 2.58. The van der Waals surface area contributed by atoms with Gasteiger partial charge in [0.05, 0.1) is 24.4 Å². The molecule has 1 aliphatic carbocycles. The van der Waals surface area contributed by atoms with E-state index in [0.29, 0.717) is 37.1 Å². The van der Waals surface area contributed by atoms with E-state index in [1.807, 2.05) is 38.8 Å². The third-order valence-corrected chi connectivity index (χ3v) is 25.7. The molecule has 1 spiro atoms. The minimum absolute atomic E-state index is 0.0551. The highest BCUT2D eigenvalue weighted by molar-refractivity contribution is 6.79. The number of ether oxygens (including phenoxy) is 4. The van der Waals surface area contributed by atoms with Crippen LogP contribution in [0, 0.1) is 11.3 Å². The van der Waals surface area contributed by atoms with Crippen molar-refractivity contribution >= 4 is 98.7 Å². The lowest BCUT2D eigenvalue weighted by Crippen LogP contribution is -2.58. The van der Waals surface area contributed by atoms with E-state index in [4.69, 9.17) is 58.2 Å². The van der Waals surface area contributed by atoms with Crippen LogP contribution in [0.15, 0.2) is 49.1 Å². The largest absolute Gasteiger partial charge is 0.504 e. The molecular formula is C53H79Cl3N6O12Si2. The van der Waals surface area contributed by atoms with Crippen molar-refractivity contribution in [2.75, 3.05) is 43.6 Å². The van der Waals surface area contributed by atoms with Gasteiger partial charge in [0.2, 0.25) is 15.6 Å². The molecule has 6 amide bonds. The van der Waals surface area contributed by atoms with Gasteiger partial charge in [0, 0.05) is 24.8 Å². The number of fused-ring (bicyclic) bond motifs is 2. The number of alkyl carbamates (subject to hydrolysis) is 1. The summed E-state index contributed by atoms with van der Waals surface area (Å²) in [4.78, 5) is 86.6. The summed E-state index contributed by atoms with van der Waals surface area (Å²) in [5, 5.41) is 18.8. The summed E-state index contributed by atoms with van der Waals surface area (Å²) in [6.07, 6.45) is 1.73. The number of halogens is 3. The van der Waals surface area contributed by atoms with E-state index in [0.717, 1.165) is 12.8 Å². The molecule has 2 aliphatic heterocycles. The van der Waals surface area contributed by atoms with E-state index in [2.05, 4.69) is 56.4 Å².